The molecule has 1 heterocycles. The third-order valence-corrected chi connectivity index (χ3v) is 6.10. The molecule has 1 aliphatic heterocycles. The topological polar surface area (TPSA) is 58.6 Å². The van der Waals surface area contributed by atoms with Crippen molar-refractivity contribution in [2.45, 2.75) is 64.9 Å². The fraction of sp³-hybridized carbons (Fsp3) is 0.440. The number of amides is 2. The van der Waals surface area contributed by atoms with E-state index < -0.39 is 6.10 Å². The van der Waals surface area contributed by atoms with Crippen LogP contribution in [0, 0.1) is 6.92 Å². The second kappa shape index (κ2) is 8.90. The van der Waals surface area contributed by atoms with Crippen molar-refractivity contribution in [3.05, 3.63) is 53.1 Å². The first-order chi connectivity index (χ1) is 14.5. The number of ether oxygens (including phenoxy) is 1. The third-order valence-electron chi connectivity index (χ3n) is 6.10. The van der Waals surface area contributed by atoms with Crippen molar-refractivity contribution in [2.24, 2.45) is 0 Å². The van der Waals surface area contributed by atoms with Gasteiger partial charge in [0.1, 0.15) is 5.75 Å². The van der Waals surface area contributed by atoms with Crippen molar-refractivity contribution < 1.29 is 14.3 Å². The minimum absolute atomic E-state index is 0.142. The van der Waals surface area contributed by atoms with Crippen LogP contribution in [0.2, 0.25) is 0 Å². The lowest BCUT2D eigenvalue weighted by molar-refractivity contribution is -0.122. The molecule has 5 heteroatoms. The van der Waals surface area contributed by atoms with Crippen LogP contribution in [0.1, 0.15) is 55.7 Å². The van der Waals surface area contributed by atoms with Gasteiger partial charge in [0.2, 0.25) is 5.91 Å². The highest BCUT2D eigenvalue weighted by atomic mass is 16.5. The van der Waals surface area contributed by atoms with Crippen LogP contribution in [0.3, 0.4) is 0 Å². The van der Waals surface area contributed by atoms with E-state index in [1.54, 1.807) is 0 Å². The lowest BCUT2D eigenvalue weighted by atomic mass is 9.92. The van der Waals surface area contributed by atoms with E-state index >= 15 is 0 Å². The number of carbonyl (C=O) groups excluding carboxylic acids is 2. The standard InChI is InChI=1S/C25H30N2O3/c1-3-23(30-21-13-11-18-7-4-5-8-19(18)15-21)25(29)26-20-12-10-17(2)22(16-20)27-14-6-9-24(27)28/h10-13,15-16,23H,3-9,14H2,1-2H3,(H,26,29)/t23-/m1/s1. The number of nitrogens with one attached hydrogen (secondary N) is 1. The maximum absolute atomic E-state index is 12.9. The van der Waals surface area contributed by atoms with E-state index in [1.807, 2.05) is 43.0 Å². The van der Waals surface area contributed by atoms with Gasteiger partial charge in [-0.25, -0.2) is 0 Å². The number of aryl methyl sites for hydroxylation is 3. The minimum Gasteiger partial charge on any atom is -0.481 e. The van der Waals surface area contributed by atoms with Gasteiger partial charge in [0.05, 0.1) is 0 Å². The van der Waals surface area contributed by atoms with Crippen LogP contribution in [-0.4, -0.2) is 24.5 Å². The predicted octanol–water partition coefficient (Wildman–Crippen LogP) is 4.80. The monoisotopic (exact) mass is 406 g/mol. The van der Waals surface area contributed by atoms with Gasteiger partial charge in [-0.2, -0.15) is 0 Å². The molecular formula is C25H30N2O3. The van der Waals surface area contributed by atoms with Crippen molar-refractivity contribution in [3.63, 3.8) is 0 Å². The molecule has 1 aliphatic carbocycles. The Morgan fingerprint density at radius 3 is 2.60 bits per heavy atom. The molecule has 0 aromatic heterocycles. The summed E-state index contributed by atoms with van der Waals surface area (Å²) in [5.74, 6) is 0.728. The van der Waals surface area contributed by atoms with Crippen LogP contribution in [0.15, 0.2) is 36.4 Å². The van der Waals surface area contributed by atoms with E-state index in [2.05, 4.69) is 17.4 Å². The smallest absolute Gasteiger partial charge is 0.265 e. The molecular weight excluding hydrogens is 376 g/mol. The van der Waals surface area contributed by atoms with Crippen LogP contribution in [0.4, 0.5) is 11.4 Å². The van der Waals surface area contributed by atoms with Crippen LogP contribution < -0.4 is 15.0 Å². The van der Waals surface area contributed by atoms with Crippen molar-refractivity contribution in [1.82, 2.24) is 0 Å². The van der Waals surface area contributed by atoms with Gasteiger partial charge in [0.25, 0.3) is 5.91 Å². The summed E-state index contributed by atoms with van der Waals surface area (Å²) >= 11 is 0. The van der Waals surface area contributed by atoms with Crippen molar-refractivity contribution in [2.75, 3.05) is 16.8 Å². The molecule has 158 valence electrons. The minimum atomic E-state index is -0.565. The fourth-order valence-electron chi connectivity index (χ4n) is 4.37. The van der Waals surface area contributed by atoms with Crippen LogP contribution >= 0.6 is 0 Å². The molecule has 2 aliphatic rings. The molecule has 30 heavy (non-hydrogen) atoms. The van der Waals surface area contributed by atoms with E-state index in [4.69, 9.17) is 4.74 Å². The molecule has 2 aromatic carbocycles. The van der Waals surface area contributed by atoms with E-state index in [0.717, 1.165) is 42.8 Å². The van der Waals surface area contributed by atoms with Crippen LogP contribution in [-0.2, 0) is 22.4 Å². The van der Waals surface area contributed by atoms with Gasteiger partial charge < -0.3 is 15.0 Å². The second-order valence-electron chi connectivity index (χ2n) is 8.29. The average molecular weight is 407 g/mol. The number of carbonyl (C=O) groups is 2. The Labute approximate surface area is 178 Å². The first-order valence-electron chi connectivity index (χ1n) is 11.1. The number of anilines is 2. The van der Waals surface area contributed by atoms with Crippen LogP contribution in [0.5, 0.6) is 5.75 Å². The molecule has 1 fully saturated rings. The molecule has 0 bridgehead atoms. The van der Waals surface area contributed by atoms with E-state index in [0.29, 0.717) is 18.5 Å². The summed E-state index contributed by atoms with van der Waals surface area (Å²) in [7, 11) is 0. The summed E-state index contributed by atoms with van der Waals surface area (Å²) < 4.78 is 6.06. The maximum Gasteiger partial charge on any atom is 0.265 e. The molecule has 1 saturated heterocycles. The number of hydrogen-bond acceptors (Lipinski definition) is 3. The summed E-state index contributed by atoms with van der Waals surface area (Å²) in [5.41, 5.74) is 5.33. The molecule has 5 nitrogen and oxygen atoms in total. The molecule has 1 atom stereocenters. The highest BCUT2D eigenvalue weighted by Crippen LogP contribution is 2.29. The number of nitrogens with zero attached hydrogens (tertiary/aromatic N) is 1. The Bertz CT molecular complexity index is 953. The number of hydrogen-bond donors (Lipinski definition) is 1. The van der Waals surface area contributed by atoms with Crippen molar-refractivity contribution >= 4 is 23.2 Å². The summed E-state index contributed by atoms with van der Waals surface area (Å²) in [6.07, 6.45) is 6.14. The maximum atomic E-state index is 12.9. The predicted molar refractivity (Wildman–Crippen MR) is 119 cm³/mol. The Kier molecular flexibility index (Phi) is 6.07. The molecule has 0 spiro atoms. The number of rotatable bonds is 6. The Balaban J connectivity index is 1.46. The molecule has 0 radical (unpaired) electrons. The van der Waals surface area contributed by atoms with Crippen LogP contribution in [0.25, 0.3) is 0 Å². The third kappa shape index (κ3) is 4.35. The quantitative estimate of drug-likeness (QED) is 0.750. The molecule has 4 rings (SSSR count). The highest BCUT2D eigenvalue weighted by Gasteiger charge is 2.24. The lowest BCUT2D eigenvalue weighted by Gasteiger charge is -2.22. The highest BCUT2D eigenvalue weighted by molar-refractivity contribution is 5.98. The Morgan fingerprint density at radius 2 is 1.87 bits per heavy atom. The largest absolute Gasteiger partial charge is 0.481 e. The SMILES string of the molecule is CC[C@@H](Oc1ccc2c(c1)CCCC2)C(=O)Nc1ccc(C)c(N2CCCC2=O)c1. The van der Waals surface area contributed by atoms with Crippen molar-refractivity contribution in [1.29, 1.82) is 0 Å². The second-order valence-corrected chi connectivity index (χ2v) is 8.29. The fourth-order valence-corrected chi connectivity index (χ4v) is 4.37. The molecule has 0 saturated carbocycles. The van der Waals surface area contributed by atoms with Gasteiger partial charge >= 0.3 is 0 Å². The molecule has 2 amide bonds. The van der Waals surface area contributed by atoms with Crippen molar-refractivity contribution in [3.8, 4) is 5.75 Å². The van der Waals surface area contributed by atoms with Gasteiger partial charge in [-0.15, -0.1) is 0 Å². The van der Waals surface area contributed by atoms with Gasteiger partial charge in [-0.3, -0.25) is 9.59 Å². The van der Waals surface area contributed by atoms with E-state index in [1.165, 1.54) is 24.0 Å². The zero-order valence-corrected chi connectivity index (χ0v) is 17.9. The Morgan fingerprint density at radius 1 is 1.07 bits per heavy atom. The molecule has 1 N–H and O–H groups in total. The average Bonchev–Trinajstić information content (AvgIpc) is 3.18. The summed E-state index contributed by atoms with van der Waals surface area (Å²) in [5, 5.41) is 2.98. The lowest BCUT2D eigenvalue weighted by Crippen LogP contribution is -2.32. The normalized spacial score (nSPS) is 16.9. The summed E-state index contributed by atoms with van der Waals surface area (Å²) in [6, 6.07) is 11.9. The zero-order chi connectivity index (χ0) is 21.1. The van der Waals surface area contributed by atoms with Gasteiger partial charge in [-0.1, -0.05) is 19.1 Å². The van der Waals surface area contributed by atoms with E-state index in [9.17, 15) is 9.59 Å². The van der Waals surface area contributed by atoms with Gasteiger partial charge in [0.15, 0.2) is 6.10 Å². The number of benzene rings is 2. The van der Waals surface area contributed by atoms with Gasteiger partial charge in [-0.05, 0) is 86.4 Å². The summed E-state index contributed by atoms with van der Waals surface area (Å²) in [6.45, 7) is 4.67. The first-order valence-corrected chi connectivity index (χ1v) is 11.1. The zero-order valence-electron chi connectivity index (χ0n) is 17.9. The Hall–Kier alpha value is -2.82. The first kappa shape index (κ1) is 20.5. The molecule has 0 unspecified atom stereocenters. The summed E-state index contributed by atoms with van der Waals surface area (Å²) in [4.78, 5) is 26.9. The molecule has 2 aromatic rings. The number of fused-ring (bicyclic) bond motifs is 1. The van der Waals surface area contributed by atoms with Gasteiger partial charge in [0, 0.05) is 24.3 Å². The van der Waals surface area contributed by atoms with E-state index in [-0.39, 0.29) is 11.8 Å².